The van der Waals surface area contributed by atoms with E-state index in [1.54, 1.807) is 0 Å². The van der Waals surface area contributed by atoms with Crippen molar-refractivity contribution in [2.24, 2.45) is 11.7 Å². The van der Waals surface area contributed by atoms with Crippen molar-refractivity contribution < 1.29 is 4.79 Å². The fraction of sp³-hybridized carbons (Fsp3) is 0.917. The Morgan fingerprint density at radius 1 is 1.33 bits per heavy atom. The van der Waals surface area contributed by atoms with Crippen molar-refractivity contribution in [3.05, 3.63) is 0 Å². The van der Waals surface area contributed by atoms with E-state index in [9.17, 15) is 4.79 Å². The second-order valence-electron chi connectivity index (χ2n) is 4.71. The summed E-state index contributed by atoms with van der Waals surface area (Å²) in [5, 5.41) is 3.41. The number of amides is 1. The fourth-order valence-electron chi connectivity index (χ4n) is 2.40. The molecule has 1 aliphatic carbocycles. The summed E-state index contributed by atoms with van der Waals surface area (Å²) in [6.45, 7) is 2.96. The van der Waals surface area contributed by atoms with E-state index in [0.29, 0.717) is 12.5 Å². The molecular weight excluding hydrogens is 188 g/mol. The first-order valence-electron chi connectivity index (χ1n) is 6.22. The summed E-state index contributed by atoms with van der Waals surface area (Å²) in [7, 11) is 0. The van der Waals surface area contributed by atoms with Gasteiger partial charge in [-0.25, -0.2) is 0 Å². The maximum atomic E-state index is 10.6. The van der Waals surface area contributed by atoms with E-state index in [-0.39, 0.29) is 5.91 Å². The zero-order valence-electron chi connectivity index (χ0n) is 9.80. The van der Waals surface area contributed by atoms with Gasteiger partial charge < -0.3 is 11.1 Å². The molecule has 0 radical (unpaired) electrons. The summed E-state index contributed by atoms with van der Waals surface area (Å²) < 4.78 is 0. The van der Waals surface area contributed by atoms with Crippen LogP contribution in [0.15, 0.2) is 0 Å². The van der Waals surface area contributed by atoms with Crippen molar-refractivity contribution >= 4 is 5.91 Å². The molecule has 0 saturated heterocycles. The van der Waals surface area contributed by atoms with E-state index in [2.05, 4.69) is 12.2 Å². The molecule has 0 unspecified atom stereocenters. The standard InChI is InChI=1S/C12H24N2O/c1-10(14-9-8-12(13)15)11-6-4-2-3-5-7-11/h10-11,14H,2-9H2,1H3,(H2,13,15)/t10-/m1/s1. The molecule has 1 amide bonds. The molecule has 0 spiro atoms. The van der Waals surface area contributed by atoms with Gasteiger partial charge in [-0.15, -0.1) is 0 Å². The zero-order chi connectivity index (χ0) is 11.1. The van der Waals surface area contributed by atoms with Crippen LogP contribution in [0.4, 0.5) is 0 Å². The maximum absolute atomic E-state index is 10.6. The zero-order valence-corrected chi connectivity index (χ0v) is 9.80. The second kappa shape index (κ2) is 6.83. The number of rotatable bonds is 5. The quantitative estimate of drug-likeness (QED) is 0.683. The van der Waals surface area contributed by atoms with Crippen LogP contribution in [0.25, 0.3) is 0 Å². The Bertz CT molecular complexity index is 186. The van der Waals surface area contributed by atoms with Crippen molar-refractivity contribution in [1.29, 1.82) is 0 Å². The third-order valence-electron chi connectivity index (χ3n) is 3.44. The van der Waals surface area contributed by atoms with Crippen LogP contribution in [0.3, 0.4) is 0 Å². The first-order valence-corrected chi connectivity index (χ1v) is 6.22. The number of carbonyl (C=O) groups is 1. The Hall–Kier alpha value is -0.570. The Morgan fingerprint density at radius 2 is 1.93 bits per heavy atom. The normalized spacial score (nSPS) is 20.9. The molecule has 1 aliphatic rings. The van der Waals surface area contributed by atoms with Gasteiger partial charge in [-0.2, -0.15) is 0 Å². The molecule has 0 aromatic heterocycles. The van der Waals surface area contributed by atoms with E-state index in [4.69, 9.17) is 5.73 Å². The molecule has 1 fully saturated rings. The van der Waals surface area contributed by atoms with Gasteiger partial charge in [-0.05, 0) is 25.7 Å². The lowest BCUT2D eigenvalue weighted by Gasteiger charge is -2.23. The Morgan fingerprint density at radius 3 is 2.47 bits per heavy atom. The minimum absolute atomic E-state index is 0.212. The van der Waals surface area contributed by atoms with Crippen LogP contribution in [0.1, 0.15) is 51.9 Å². The molecule has 0 aromatic rings. The van der Waals surface area contributed by atoms with Gasteiger partial charge >= 0.3 is 0 Å². The third-order valence-corrected chi connectivity index (χ3v) is 3.44. The molecule has 1 atom stereocenters. The van der Waals surface area contributed by atoms with E-state index in [0.717, 1.165) is 12.5 Å². The first-order chi connectivity index (χ1) is 7.20. The van der Waals surface area contributed by atoms with Crippen molar-refractivity contribution in [2.75, 3.05) is 6.54 Å². The number of hydrogen-bond donors (Lipinski definition) is 2. The average molecular weight is 212 g/mol. The van der Waals surface area contributed by atoms with Crippen LogP contribution < -0.4 is 11.1 Å². The van der Waals surface area contributed by atoms with Crippen LogP contribution in [-0.4, -0.2) is 18.5 Å². The van der Waals surface area contributed by atoms with Crippen molar-refractivity contribution in [3.8, 4) is 0 Å². The molecule has 3 heteroatoms. The Kier molecular flexibility index (Phi) is 5.69. The van der Waals surface area contributed by atoms with Gasteiger partial charge in [-0.3, -0.25) is 4.79 Å². The van der Waals surface area contributed by atoms with Gasteiger partial charge in [0.05, 0.1) is 0 Å². The number of carbonyl (C=O) groups excluding carboxylic acids is 1. The predicted molar refractivity (Wildman–Crippen MR) is 62.5 cm³/mol. The van der Waals surface area contributed by atoms with Crippen LogP contribution in [0.2, 0.25) is 0 Å². The predicted octanol–water partition coefficient (Wildman–Crippen LogP) is 1.81. The first kappa shape index (κ1) is 12.5. The Balaban J connectivity index is 2.19. The molecule has 3 nitrogen and oxygen atoms in total. The molecule has 3 N–H and O–H groups in total. The summed E-state index contributed by atoms with van der Waals surface area (Å²) in [6, 6.07) is 0.530. The minimum Gasteiger partial charge on any atom is -0.370 e. The number of nitrogens with two attached hydrogens (primary N) is 1. The number of primary amides is 1. The van der Waals surface area contributed by atoms with Crippen LogP contribution in [0, 0.1) is 5.92 Å². The molecule has 88 valence electrons. The highest BCUT2D eigenvalue weighted by Gasteiger charge is 2.18. The molecule has 0 heterocycles. The highest BCUT2D eigenvalue weighted by atomic mass is 16.1. The number of hydrogen-bond acceptors (Lipinski definition) is 2. The van der Waals surface area contributed by atoms with Crippen LogP contribution in [0.5, 0.6) is 0 Å². The van der Waals surface area contributed by atoms with Gasteiger partial charge in [0.15, 0.2) is 0 Å². The molecule has 1 saturated carbocycles. The average Bonchev–Trinajstić information content (AvgIpc) is 2.44. The monoisotopic (exact) mass is 212 g/mol. The molecule has 1 rings (SSSR count). The minimum atomic E-state index is -0.212. The van der Waals surface area contributed by atoms with Crippen molar-refractivity contribution in [2.45, 2.75) is 57.9 Å². The molecule has 0 bridgehead atoms. The van der Waals surface area contributed by atoms with E-state index in [1.807, 2.05) is 0 Å². The summed E-state index contributed by atoms with van der Waals surface area (Å²) in [6.07, 6.45) is 8.65. The molecule has 0 aromatic carbocycles. The summed E-state index contributed by atoms with van der Waals surface area (Å²) in [5.41, 5.74) is 5.10. The lowest BCUT2D eigenvalue weighted by Crippen LogP contribution is -2.35. The highest BCUT2D eigenvalue weighted by Crippen LogP contribution is 2.25. The topological polar surface area (TPSA) is 55.1 Å². The van der Waals surface area contributed by atoms with E-state index < -0.39 is 0 Å². The molecule has 0 aliphatic heterocycles. The lowest BCUT2D eigenvalue weighted by atomic mass is 9.93. The smallest absolute Gasteiger partial charge is 0.218 e. The van der Waals surface area contributed by atoms with Gasteiger partial charge in [-0.1, -0.05) is 25.7 Å². The summed E-state index contributed by atoms with van der Waals surface area (Å²) in [5.74, 6) is 0.580. The fourth-order valence-corrected chi connectivity index (χ4v) is 2.40. The summed E-state index contributed by atoms with van der Waals surface area (Å²) in [4.78, 5) is 10.6. The van der Waals surface area contributed by atoms with Gasteiger partial charge in [0, 0.05) is 19.0 Å². The van der Waals surface area contributed by atoms with Crippen molar-refractivity contribution in [3.63, 3.8) is 0 Å². The third kappa shape index (κ3) is 5.17. The van der Waals surface area contributed by atoms with Crippen molar-refractivity contribution in [1.82, 2.24) is 5.32 Å². The highest BCUT2D eigenvalue weighted by molar-refractivity contribution is 5.73. The van der Waals surface area contributed by atoms with E-state index >= 15 is 0 Å². The summed E-state index contributed by atoms with van der Waals surface area (Å²) >= 11 is 0. The van der Waals surface area contributed by atoms with Crippen LogP contribution >= 0.6 is 0 Å². The van der Waals surface area contributed by atoms with Gasteiger partial charge in [0.1, 0.15) is 0 Å². The van der Waals surface area contributed by atoms with Gasteiger partial charge in [0.25, 0.3) is 0 Å². The Labute approximate surface area is 92.8 Å². The number of nitrogens with one attached hydrogen (secondary N) is 1. The van der Waals surface area contributed by atoms with Gasteiger partial charge in [0.2, 0.25) is 5.91 Å². The maximum Gasteiger partial charge on any atom is 0.218 e. The largest absolute Gasteiger partial charge is 0.370 e. The molecule has 15 heavy (non-hydrogen) atoms. The molecular formula is C12H24N2O. The van der Waals surface area contributed by atoms with E-state index in [1.165, 1.54) is 38.5 Å². The van der Waals surface area contributed by atoms with Crippen LogP contribution in [-0.2, 0) is 4.79 Å². The SMILES string of the molecule is C[C@@H](NCCC(N)=O)C1CCCCCC1. The lowest BCUT2D eigenvalue weighted by molar-refractivity contribution is -0.117. The second-order valence-corrected chi connectivity index (χ2v) is 4.71.